The summed E-state index contributed by atoms with van der Waals surface area (Å²) in [6.45, 7) is 1.99. The molecule has 2 aliphatic rings. The average molecular weight is 352 g/mol. The second-order valence-corrected chi connectivity index (χ2v) is 6.72. The van der Waals surface area contributed by atoms with Crippen LogP contribution < -0.4 is 15.1 Å². The zero-order chi connectivity index (χ0) is 18.1. The summed E-state index contributed by atoms with van der Waals surface area (Å²) in [7, 11) is 0. The Kier molecular flexibility index (Phi) is 4.28. The van der Waals surface area contributed by atoms with Crippen molar-refractivity contribution >= 4 is 40.5 Å². The molecule has 1 aromatic carbocycles. The molecule has 2 saturated heterocycles. The summed E-state index contributed by atoms with van der Waals surface area (Å²) in [5.41, 5.74) is 2.60. The molecular weight excluding hydrogens is 332 g/mol. The number of rotatable bonds is 3. The molecule has 3 amide bonds. The minimum absolute atomic E-state index is 0.138. The topological polar surface area (TPSA) is 82.6 Å². The standard InChI is InChI=1S/C19H20N4O3/c24-12-13-5-9-22(10-6-13)16-4-3-15(14-2-1-8-20-18(14)16)23-11-7-17(25)21-19(23)26/h1-4,8,12-13H,5-7,9-11H2,(H,21,25,26). The number of carbonyl (C=O) groups excluding carboxylic acids is 3. The van der Waals surface area contributed by atoms with Gasteiger partial charge in [-0.05, 0) is 37.1 Å². The SMILES string of the molecule is O=CC1CCN(c2ccc(N3CCC(=O)NC3=O)c3cccnc23)CC1. The Morgan fingerprint density at radius 3 is 2.58 bits per heavy atom. The van der Waals surface area contributed by atoms with E-state index < -0.39 is 6.03 Å². The van der Waals surface area contributed by atoms with Gasteiger partial charge >= 0.3 is 6.03 Å². The first-order valence-electron chi connectivity index (χ1n) is 8.86. The van der Waals surface area contributed by atoms with Crippen molar-refractivity contribution in [1.29, 1.82) is 0 Å². The van der Waals surface area contributed by atoms with Gasteiger partial charge < -0.3 is 9.69 Å². The van der Waals surface area contributed by atoms with Crippen LogP contribution in [0.25, 0.3) is 10.9 Å². The number of benzene rings is 1. The van der Waals surface area contributed by atoms with E-state index in [0.717, 1.165) is 54.5 Å². The number of nitrogens with one attached hydrogen (secondary N) is 1. The van der Waals surface area contributed by atoms with Crippen molar-refractivity contribution in [2.75, 3.05) is 29.4 Å². The van der Waals surface area contributed by atoms with Crippen molar-refractivity contribution in [2.45, 2.75) is 19.3 Å². The van der Waals surface area contributed by atoms with Gasteiger partial charge in [-0.1, -0.05) is 0 Å². The maximum atomic E-state index is 12.2. The predicted molar refractivity (Wildman–Crippen MR) is 98.2 cm³/mol. The molecule has 2 fully saturated rings. The van der Waals surface area contributed by atoms with Gasteiger partial charge in [0.15, 0.2) is 0 Å². The molecule has 1 aromatic heterocycles. The lowest BCUT2D eigenvalue weighted by Crippen LogP contribution is -2.49. The molecule has 2 aliphatic heterocycles. The first kappa shape index (κ1) is 16.5. The molecular formula is C19H20N4O3. The minimum atomic E-state index is -0.397. The van der Waals surface area contributed by atoms with Crippen molar-refractivity contribution in [3.63, 3.8) is 0 Å². The summed E-state index contributed by atoms with van der Waals surface area (Å²) >= 11 is 0. The van der Waals surface area contributed by atoms with Crippen LogP contribution in [-0.2, 0) is 9.59 Å². The van der Waals surface area contributed by atoms with Crippen molar-refractivity contribution in [2.24, 2.45) is 5.92 Å². The summed E-state index contributed by atoms with van der Waals surface area (Å²) in [4.78, 5) is 43.0. The van der Waals surface area contributed by atoms with Crippen molar-refractivity contribution < 1.29 is 14.4 Å². The van der Waals surface area contributed by atoms with Gasteiger partial charge in [-0.15, -0.1) is 0 Å². The number of amides is 3. The van der Waals surface area contributed by atoms with E-state index in [4.69, 9.17) is 0 Å². The van der Waals surface area contributed by atoms with Crippen LogP contribution in [0.2, 0.25) is 0 Å². The summed E-state index contributed by atoms with van der Waals surface area (Å²) in [6, 6.07) is 7.30. The highest BCUT2D eigenvalue weighted by Crippen LogP contribution is 2.35. The van der Waals surface area contributed by atoms with E-state index in [1.165, 1.54) is 0 Å². The number of urea groups is 1. The molecule has 26 heavy (non-hydrogen) atoms. The van der Waals surface area contributed by atoms with Crippen LogP contribution in [0.4, 0.5) is 16.2 Å². The number of imide groups is 1. The largest absolute Gasteiger partial charge is 0.370 e. The number of nitrogens with zero attached hydrogens (tertiary/aromatic N) is 3. The van der Waals surface area contributed by atoms with E-state index in [9.17, 15) is 14.4 Å². The van der Waals surface area contributed by atoms with Gasteiger partial charge in [-0.3, -0.25) is 20.0 Å². The van der Waals surface area contributed by atoms with Gasteiger partial charge in [0.05, 0.1) is 16.9 Å². The third-order valence-corrected chi connectivity index (χ3v) is 5.14. The van der Waals surface area contributed by atoms with E-state index in [1.54, 1.807) is 11.1 Å². The summed E-state index contributed by atoms with van der Waals surface area (Å²) in [6.07, 6.45) is 4.77. The lowest BCUT2D eigenvalue weighted by Gasteiger charge is -2.33. The normalized spacial score (nSPS) is 18.9. The quantitative estimate of drug-likeness (QED) is 0.856. The van der Waals surface area contributed by atoms with E-state index >= 15 is 0 Å². The zero-order valence-electron chi connectivity index (χ0n) is 14.4. The van der Waals surface area contributed by atoms with Crippen LogP contribution in [0.1, 0.15) is 19.3 Å². The highest BCUT2D eigenvalue weighted by molar-refractivity contribution is 6.11. The number of aromatic nitrogens is 1. The average Bonchev–Trinajstić information content (AvgIpc) is 2.68. The van der Waals surface area contributed by atoms with Gasteiger partial charge in [0.25, 0.3) is 0 Å². The fraction of sp³-hybridized carbons (Fsp3) is 0.368. The number of anilines is 2. The highest BCUT2D eigenvalue weighted by Gasteiger charge is 2.27. The van der Waals surface area contributed by atoms with Gasteiger partial charge in [0.1, 0.15) is 6.29 Å². The molecule has 0 aliphatic carbocycles. The van der Waals surface area contributed by atoms with E-state index in [1.807, 2.05) is 24.3 Å². The Bertz CT molecular complexity index is 874. The molecule has 134 valence electrons. The number of carbonyl (C=O) groups is 3. The second-order valence-electron chi connectivity index (χ2n) is 6.72. The molecule has 7 nitrogen and oxygen atoms in total. The fourth-order valence-corrected chi connectivity index (χ4v) is 3.70. The van der Waals surface area contributed by atoms with Crippen LogP contribution in [0.5, 0.6) is 0 Å². The fourth-order valence-electron chi connectivity index (χ4n) is 3.70. The number of aldehydes is 1. The predicted octanol–water partition coefficient (Wildman–Crippen LogP) is 2.10. The second kappa shape index (κ2) is 6.74. The van der Waals surface area contributed by atoms with Crippen molar-refractivity contribution in [1.82, 2.24) is 10.3 Å². The number of pyridine rings is 1. The minimum Gasteiger partial charge on any atom is -0.370 e. The highest BCUT2D eigenvalue weighted by atomic mass is 16.2. The Morgan fingerprint density at radius 1 is 1.08 bits per heavy atom. The third kappa shape index (κ3) is 2.89. The molecule has 4 rings (SSSR count). The summed E-state index contributed by atoms with van der Waals surface area (Å²) in [5, 5.41) is 3.25. The first-order chi connectivity index (χ1) is 12.7. The smallest absolute Gasteiger partial charge is 0.328 e. The molecule has 0 bridgehead atoms. The monoisotopic (exact) mass is 352 g/mol. The van der Waals surface area contributed by atoms with Crippen LogP contribution in [0.3, 0.4) is 0 Å². The Labute approximate surface area is 151 Å². The molecule has 0 atom stereocenters. The van der Waals surface area contributed by atoms with Gasteiger partial charge in [0.2, 0.25) is 5.91 Å². The lowest BCUT2D eigenvalue weighted by molar-refractivity contribution is -0.120. The number of fused-ring (bicyclic) bond motifs is 1. The van der Waals surface area contributed by atoms with Gasteiger partial charge in [-0.25, -0.2) is 4.79 Å². The van der Waals surface area contributed by atoms with E-state index in [2.05, 4.69) is 15.2 Å². The molecule has 2 aromatic rings. The van der Waals surface area contributed by atoms with E-state index in [0.29, 0.717) is 6.54 Å². The van der Waals surface area contributed by atoms with Gasteiger partial charge in [-0.2, -0.15) is 0 Å². The Balaban J connectivity index is 1.71. The maximum Gasteiger partial charge on any atom is 0.328 e. The molecule has 0 spiro atoms. The zero-order valence-corrected chi connectivity index (χ0v) is 14.4. The number of hydrogen-bond acceptors (Lipinski definition) is 5. The van der Waals surface area contributed by atoms with Crippen LogP contribution >= 0.6 is 0 Å². The maximum absolute atomic E-state index is 12.2. The Morgan fingerprint density at radius 2 is 1.85 bits per heavy atom. The first-order valence-corrected chi connectivity index (χ1v) is 8.86. The van der Waals surface area contributed by atoms with Crippen LogP contribution in [0, 0.1) is 5.92 Å². The van der Waals surface area contributed by atoms with E-state index in [-0.39, 0.29) is 18.2 Å². The van der Waals surface area contributed by atoms with Gasteiger partial charge in [0, 0.05) is 43.6 Å². The van der Waals surface area contributed by atoms with Crippen LogP contribution in [-0.4, -0.2) is 42.8 Å². The summed E-state index contributed by atoms with van der Waals surface area (Å²) in [5.74, 6) is -0.109. The Hall–Kier alpha value is -2.96. The van der Waals surface area contributed by atoms with Crippen LogP contribution in [0.15, 0.2) is 30.5 Å². The molecule has 0 radical (unpaired) electrons. The molecule has 7 heteroatoms. The lowest BCUT2D eigenvalue weighted by atomic mass is 9.97. The summed E-state index contributed by atoms with van der Waals surface area (Å²) < 4.78 is 0. The van der Waals surface area contributed by atoms with Crippen molar-refractivity contribution in [3.8, 4) is 0 Å². The molecule has 3 heterocycles. The third-order valence-electron chi connectivity index (χ3n) is 5.14. The number of piperidine rings is 1. The molecule has 0 saturated carbocycles. The number of hydrogen-bond donors (Lipinski definition) is 1. The molecule has 1 N–H and O–H groups in total. The molecule has 0 unspecified atom stereocenters. The van der Waals surface area contributed by atoms with Crippen molar-refractivity contribution in [3.05, 3.63) is 30.5 Å².